The van der Waals surface area contributed by atoms with Crippen LogP contribution in [0.1, 0.15) is 46.2 Å². The number of aromatic nitrogens is 2. The highest BCUT2D eigenvalue weighted by Crippen LogP contribution is 2.34. The molecule has 0 N–H and O–H groups in total. The lowest BCUT2D eigenvalue weighted by Gasteiger charge is -2.35. The van der Waals surface area contributed by atoms with E-state index in [1.54, 1.807) is 4.90 Å². The van der Waals surface area contributed by atoms with Gasteiger partial charge in [-0.15, -0.1) is 0 Å². The molecule has 2 aliphatic rings. The summed E-state index contributed by atoms with van der Waals surface area (Å²) in [6.07, 6.45) is -1.56. The number of rotatable bonds is 6. The smallest absolute Gasteiger partial charge is 0.434 e. The van der Waals surface area contributed by atoms with Gasteiger partial charge in [0.2, 0.25) is 0 Å². The van der Waals surface area contributed by atoms with Crippen LogP contribution < -0.4 is 0 Å². The summed E-state index contributed by atoms with van der Waals surface area (Å²) in [5.74, 6) is -1.27. The van der Waals surface area contributed by atoms with Gasteiger partial charge in [-0.2, -0.15) is 18.3 Å². The van der Waals surface area contributed by atoms with Gasteiger partial charge in [-0.25, -0.2) is 9.48 Å². The first-order chi connectivity index (χ1) is 16.3. The second-order valence-corrected chi connectivity index (χ2v) is 8.31. The molecule has 2 fully saturated rings. The number of piperazine rings is 1. The van der Waals surface area contributed by atoms with Gasteiger partial charge in [-0.3, -0.25) is 9.69 Å². The molecule has 34 heavy (non-hydrogen) atoms. The summed E-state index contributed by atoms with van der Waals surface area (Å²) >= 11 is 0. The van der Waals surface area contributed by atoms with E-state index < -0.39 is 23.4 Å². The van der Waals surface area contributed by atoms with Crippen LogP contribution in [0.5, 0.6) is 0 Å². The second kappa shape index (κ2) is 10.1. The van der Waals surface area contributed by atoms with E-state index in [0.29, 0.717) is 23.3 Å². The first-order valence-corrected chi connectivity index (χ1v) is 11.3. The summed E-state index contributed by atoms with van der Waals surface area (Å²) in [5.41, 5.74) is -1.41. The Hall–Kier alpha value is -2.92. The molecule has 0 aliphatic carbocycles. The molecule has 0 spiro atoms. The zero-order chi connectivity index (χ0) is 24.3. The molecule has 1 atom stereocenters. The molecule has 3 heterocycles. The molecule has 1 aromatic heterocycles. The van der Waals surface area contributed by atoms with Gasteiger partial charge in [0.05, 0.1) is 24.6 Å². The number of carbonyl (C=O) groups is 2. The van der Waals surface area contributed by atoms with Gasteiger partial charge in [0.15, 0.2) is 5.69 Å². The number of carbonyl (C=O) groups excluding carboxylic acids is 2. The molecule has 1 amide bonds. The Morgan fingerprint density at radius 2 is 1.85 bits per heavy atom. The molecule has 1 unspecified atom stereocenters. The van der Waals surface area contributed by atoms with Crippen molar-refractivity contribution in [1.29, 1.82) is 0 Å². The Morgan fingerprint density at radius 1 is 1.15 bits per heavy atom. The van der Waals surface area contributed by atoms with E-state index in [9.17, 15) is 22.8 Å². The first-order valence-electron chi connectivity index (χ1n) is 11.3. The average molecular weight is 480 g/mol. The molecule has 11 heteroatoms. The SMILES string of the molecule is CCOC(=O)c1cnn(-c2ccc(C(=O)N3CCN(CC4CCCO4)CC3)cc2)c1C(F)(F)F. The van der Waals surface area contributed by atoms with Gasteiger partial charge in [-0.05, 0) is 44.0 Å². The molecule has 184 valence electrons. The second-order valence-electron chi connectivity index (χ2n) is 8.31. The summed E-state index contributed by atoms with van der Waals surface area (Å²) < 4.78 is 52.1. The van der Waals surface area contributed by atoms with Gasteiger partial charge < -0.3 is 14.4 Å². The maximum Gasteiger partial charge on any atom is 0.434 e. The highest BCUT2D eigenvalue weighted by Gasteiger charge is 2.41. The zero-order valence-electron chi connectivity index (χ0n) is 18.9. The molecule has 1 aromatic carbocycles. The highest BCUT2D eigenvalue weighted by molar-refractivity contribution is 5.94. The van der Waals surface area contributed by atoms with Crippen LogP contribution in [0.15, 0.2) is 30.5 Å². The van der Waals surface area contributed by atoms with Gasteiger partial charge >= 0.3 is 12.1 Å². The third kappa shape index (κ3) is 5.25. The molecule has 2 aliphatic heterocycles. The van der Waals surface area contributed by atoms with Crippen molar-refractivity contribution in [2.24, 2.45) is 0 Å². The standard InChI is InChI=1S/C23H27F3N4O4/c1-2-33-22(32)19-14-27-30(20(19)23(24,25)26)17-7-5-16(6-8-17)21(31)29-11-9-28(10-12-29)15-18-4-3-13-34-18/h5-8,14,18H,2-4,9-13,15H2,1H3. The van der Waals surface area contributed by atoms with Crippen LogP contribution in [0.2, 0.25) is 0 Å². The van der Waals surface area contributed by atoms with Gasteiger partial charge in [0, 0.05) is 44.9 Å². The molecular weight excluding hydrogens is 453 g/mol. The first kappa shape index (κ1) is 24.2. The molecule has 2 aromatic rings. The van der Waals surface area contributed by atoms with E-state index in [1.165, 1.54) is 31.2 Å². The number of benzene rings is 1. The molecule has 0 saturated carbocycles. The van der Waals surface area contributed by atoms with Crippen molar-refractivity contribution in [2.45, 2.75) is 32.0 Å². The minimum atomic E-state index is -4.82. The Morgan fingerprint density at radius 3 is 2.44 bits per heavy atom. The van der Waals surface area contributed by atoms with Crippen LogP contribution in [-0.2, 0) is 15.7 Å². The lowest BCUT2D eigenvalue weighted by molar-refractivity contribution is -0.143. The maximum absolute atomic E-state index is 13.7. The normalized spacial score (nSPS) is 19.4. The fourth-order valence-electron chi connectivity index (χ4n) is 4.31. The molecule has 4 rings (SSSR count). The van der Waals surface area contributed by atoms with Crippen molar-refractivity contribution in [3.8, 4) is 5.69 Å². The summed E-state index contributed by atoms with van der Waals surface area (Å²) in [5, 5.41) is 3.76. The Labute approximate surface area is 195 Å². The summed E-state index contributed by atoms with van der Waals surface area (Å²) in [6, 6.07) is 5.72. The molecular formula is C23H27F3N4O4. The summed E-state index contributed by atoms with van der Waals surface area (Å²) in [7, 11) is 0. The Balaban J connectivity index is 1.44. The molecule has 0 radical (unpaired) electrons. The van der Waals surface area contributed by atoms with Crippen molar-refractivity contribution >= 4 is 11.9 Å². The van der Waals surface area contributed by atoms with Crippen molar-refractivity contribution in [3.05, 3.63) is 47.3 Å². The quantitative estimate of drug-likeness (QED) is 0.592. The van der Waals surface area contributed by atoms with Gasteiger partial charge in [0.1, 0.15) is 5.56 Å². The number of hydrogen-bond donors (Lipinski definition) is 0. The fraction of sp³-hybridized carbons (Fsp3) is 0.522. The van der Waals surface area contributed by atoms with Crippen LogP contribution in [0.25, 0.3) is 5.69 Å². The highest BCUT2D eigenvalue weighted by atomic mass is 19.4. The minimum absolute atomic E-state index is 0.0548. The van der Waals surface area contributed by atoms with E-state index >= 15 is 0 Å². The third-order valence-electron chi connectivity index (χ3n) is 6.04. The van der Waals surface area contributed by atoms with Crippen LogP contribution in [0.3, 0.4) is 0 Å². The Kier molecular flexibility index (Phi) is 7.22. The number of alkyl halides is 3. The van der Waals surface area contributed by atoms with E-state index in [-0.39, 0.29) is 24.3 Å². The van der Waals surface area contributed by atoms with Crippen LogP contribution in [-0.4, -0.2) is 83.5 Å². The monoisotopic (exact) mass is 480 g/mol. The van der Waals surface area contributed by atoms with Crippen molar-refractivity contribution < 1.29 is 32.2 Å². The third-order valence-corrected chi connectivity index (χ3v) is 6.04. The maximum atomic E-state index is 13.7. The molecule has 2 saturated heterocycles. The number of ether oxygens (including phenoxy) is 2. The summed E-state index contributed by atoms with van der Waals surface area (Å²) in [6.45, 7) is 5.80. The topological polar surface area (TPSA) is 76.9 Å². The number of halogens is 3. The van der Waals surface area contributed by atoms with E-state index in [1.807, 2.05) is 0 Å². The average Bonchev–Trinajstić information content (AvgIpc) is 3.49. The van der Waals surface area contributed by atoms with Crippen molar-refractivity contribution in [2.75, 3.05) is 45.9 Å². The zero-order valence-corrected chi connectivity index (χ0v) is 18.9. The van der Waals surface area contributed by atoms with Crippen LogP contribution >= 0.6 is 0 Å². The van der Waals surface area contributed by atoms with E-state index in [0.717, 1.165) is 45.3 Å². The predicted molar refractivity (Wildman–Crippen MR) is 116 cm³/mol. The largest absolute Gasteiger partial charge is 0.462 e. The van der Waals surface area contributed by atoms with Crippen LogP contribution in [0.4, 0.5) is 13.2 Å². The summed E-state index contributed by atoms with van der Waals surface area (Å²) in [4.78, 5) is 28.9. The predicted octanol–water partition coefficient (Wildman–Crippen LogP) is 3.00. The van der Waals surface area contributed by atoms with E-state index in [4.69, 9.17) is 9.47 Å². The number of nitrogens with zero attached hydrogens (tertiary/aromatic N) is 4. The van der Waals surface area contributed by atoms with Crippen molar-refractivity contribution in [3.63, 3.8) is 0 Å². The molecule has 0 bridgehead atoms. The van der Waals surface area contributed by atoms with Gasteiger partial charge in [0.25, 0.3) is 5.91 Å². The minimum Gasteiger partial charge on any atom is -0.462 e. The number of esters is 1. The lowest BCUT2D eigenvalue weighted by atomic mass is 10.1. The van der Waals surface area contributed by atoms with Crippen molar-refractivity contribution in [1.82, 2.24) is 19.6 Å². The number of hydrogen-bond acceptors (Lipinski definition) is 6. The van der Waals surface area contributed by atoms with Crippen LogP contribution in [0, 0.1) is 0 Å². The fourth-order valence-corrected chi connectivity index (χ4v) is 4.31. The van der Waals surface area contributed by atoms with Gasteiger partial charge in [-0.1, -0.05) is 0 Å². The Bertz CT molecular complexity index is 1010. The molecule has 8 nitrogen and oxygen atoms in total. The lowest BCUT2D eigenvalue weighted by Crippen LogP contribution is -2.50. The number of amides is 1. The van der Waals surface area contributed by atoms with E-state index in [2.05, 4.69) is 10.00 Å².